The van der Waals surface area contributed by atoms with E-state index in [-0.39, 0.29) is 6.61 Å². The third-order valence-electron chi connectivity index (χ3n) is 3.10. The van der Waals surface area contributed by atoms with Crippen LogP contribution in [0.15, 0.2) is 0 Å². The Bertz CT molecular complexity index is 315. The number of aliphatic hydroxyl groups excluding tert-OH is 2. The molecule has 1 aliphatic heterocycles. The van der Waals surface area contributed by atoms with E-state index in [2.05, 4.69) is 5.32 Å². The highest BCUT2D eigenvalue weighted by molar-refractivity contribution is 5.83. The van der Waals surface area contributed by atoms with E-state index in [0.29, 0.717) is 32.7 Å². The topological polar surface area (TPSA) is 113 Å². The van der Waals surface area contributed by atoms with Gasteiger partial charge in [0.1, 0.15) is 0 Å². The zero-order valence-corrected chi connectivity index (χ0v) is 10.9. The predicted octanol–water partition coefficient (Wildman–Crippen LogP) is -1.86. The Morgan fingerprint density at radius 3 is 2.26 bits per heavy atom. The molecule has 1 rings (SSSR count). The molecule has 0 saturated carbocycles. The van der Waals surface area contributed by atoms with Gasteiger partial charge in [0.2, 0.25) is 0 Å². The van der Waals surface area contributed by atoms with Crippen molar-refractivity contribution in [2.75, 3.05) is 39.3 Å². The minimum absolute atomic E-state index is 0.0787. The maximum Gasteiger partial charge on any atom is 0.328 e. The molecule has 0 aromatic heterocycles. The van der Waals surface area contributed by atoms with Gasteiger partial charge >= 0.3 is 12.0 Å². The van der Waals surface area contributed by atoms with E-state index in [9.17, 15) is 14.7 Å². The van der Waals surface area contributed by atoms with Gasteiger partial charge in [-0.05, 0) is 6.92 Å². The van der Waals surface area contributed by atoms with Gasteiger partial charge in [0.05, 0.1) is 12.7 Å². The van der Waals surface area contributed by atoms with Crippen LogP contribution in [0.5, 0.6) is 0 Å². The van der Waals surface area contributed by atoms with Crippen LogP contribution in [0.3, 0.4) is 0 Å². The first kappa shape index (κ1) is 15.7. The molecule has 0 aromatic carbocycles. The number of carboxylic acids is 1. The molecule has 0 radical (unpaired) electrons. The van der Waals surface area contributed by atoms with Crippen LogP contribution in [-0.4, -0.2) is 88.6 Å². The van der Waals surface area contributed by atoms with E-state index in [0.717, 1.165) is 0 Å². The second kappa shape index (κ2) is 7.27. The van der Waals surface area contributed by atoms with Crippen LogP contribution < -0.4 is 5.32 Å². The lowest BCUT2D eigenvalue weighted by molar-refractivity contribution is -0.141. The van der Waals surface area contributed by atoms with Crippen LogP contribution in [0, 0.1) is 0 Å². The van der Waals surface area contributed by atoms with Gasteiger partial charge in [0, 0.05) is 32.7 Å². The molecule has 0 bridgehead atoms. The Morgan fingerprint density at radius 1 is 1.26 bits per heavy atom. The third-order valence-corrected chi connectivity index (χ3v) is 3.10. The second-order valence-electron chi connectivity index (χ2n) is 4.56. The number of amides is 2. The fourth-order valence-corrected chi connectivity index (χ4v) is 1.93. The Kier molecular flexibility index (Phi) is 6.00. The molecular weight excluding hydrogens is 254 g/mol. The summed E-state index contributed by atoms with van der Waals surface area (Å²) in [6.07, 6.45) is -1.16. The molecule has 8 heteroatoms. The number of nitrogens with one attached hydrogen (secondary N) is 1. The average molecular weight is 275 g/mol. The van der Waals surface area contributed by atoms with Crippen molar-refractivity contribution in [1.29, 1.82) is 0 Å². The molecule has 2 unspecified atom stereocenters. The maximum absolute atomic E-state index is 11.9. The fourth-order valence-electron chi connectivity index (χ4n) is 1.93. The van der Waals surface area contributed by atoms with E-state index in [1.54, 1.807) is 0 Å². The Labute approximate surface area is 111 Å². The summed E-state index contributed by atoms with van der Waals surface area (Å²) in [6.45, 7) is 4.19. The fraction of sp³-hybridized carbons (Fsp3) is 0.818. The zero-order chi connectivity index (χ0) is 14.4. The van der Waals surface area contributed by atoms with Gasteiger partial charge < -0.3 is 25.5 Å². The van der Waals surface area contributed by atoms with Gasteiger partial charge in [-0.1, -0.05) is 0 Å². The molecule has 8 nitrogen and oxygen atoms in total. The minimum atomic E-state index is -1.30. The summed E-state index contributed by atoms with van der Waals surface area (Å²) in [5.41, 5.74) is 0. The van der Waals surface area contributed by atoms with Crippen molar-refractivity contribution in [3.63, 3.8) is 0 Å². The molecule has 110 valence electrons. The average Bonchev–Trinajstić information content (AvgIpc) is 2.36. The molecule has 2 atom stereocenters. The summed E-state index contributed by atoms with van der Waals surface area (Å²) in [5.74, 6) is -1.26. The van der Waals surface area contributed by atoms with Crippen molar-refractivity contribution in [2.45, 2.75) is 19.1 Å². The van der Waals surface area contributed by atoms with Crippen LogP contribution in [0.2, 0.25) is 0 Å². The van der Waals surface area contributed by atoms with Gasteiger partial charge in [-0.3, -0.25) is 4.90 Å². The molecule has 1 saturated heterocycles. The summed E-state index contributed by atoms with van der Waals surface area (Å²) in [5, 5.41) is 29.3. The Morgan fingerprint density at radius 2 is 1.84 bits per heavy atom. The van der Waals surface area contributed by atoms with E-state index in [4.69, 9.17) is 10.2 Å². The number of carboxylic acid groups (broad SMARTS) is 1. The summed E-state index contributed by atoms with van der Waals surface area (Å²) < 4.78 is 0. The molecule has 1 aliphatic rings. The van der Waals surface area contributed by atoms with E-state index >= 15 is 0 Å². The lowest BCUT2D eigenvalue weighted by Crippen LogP contribution is -2.56. The first-order chi connectivity index (χ1) is 8.95. The molecule has 4 N–H and O–H groups in total. The highest BCUT2D eigenvalue weighted by atomic mass is 16.4. The number of piperazine rings is 1. The lowest BCUT2D eigenvalue weighted by atomic mass is 10.2. The number of nitrogens with zero attached hydrogens (tertiary/aromatic N) is 2. The van der Waals surface area contributed by atoms with Gasteiger partial charge in [-0.25, -0.2) is 9.59 Å². The Hall–Kier alpha value is -1.38. The van der Waals surface area contributed by atoms with E-state index in [1.807, 2.05) is 4.90 Å². The van der Waals surface area contributed by atoms with Crippen molar-refractivity contribution in [2.24, 2.45) is 0 Å². The highest BCUT2D eigenvalue weighted by Gasteiger charge is 2.28. The number of rotatable bonds is 5. The van der Waals surface area contributed by atoms with Gasteiger partial charge in [0.15, 0.2) is 6.04 Å². The monoisotopic (exact) mass is 275 g/mol. The summed E-state index contributed by atoms with van der Waals surface area (Å²) in [7, 11) is 0. The van der Waals surface area contributed by atoms with Crippen molar-refractivity contribution in [1.82, 2.24) is 15.1 Å². The summed E-state index contributed by atoms with van der Waals surface area (Å²) in [4.78, 5) is 26.2. The van der Waals surface area contributed by atoms with Crippen LogP contribution >= 0.6 is 0 Å². The predicted molar refractivity (Wildman–Crippen MR) is 66.7 cm³/mol. The molecule has 1 heterocycles. The number of carbonyl (C=O) groups excluding carboxylic acids is 1. The molecule has 0 aliphatic carbocycles. The normalized spacial score (nSPS) is 19.8. The number of hydrogen-bond acceptors (Lipinski definition) is 5. The first-order valence-corrected chi connectivity index (χ1v) is 6.25. The summed E-state index contributed by atoms with van der Waals surface area (Å²) >= 11 is 0. The first-order valence-electron chi connectivity index (χ1n) is 6.25. The quantitative estimate of drug-likeness (QED) is 0.468. The van der Waals surface area contributed by atoms with Crippen molar-refractivity contribution >= 4 is 12.0 Å². The van der Waals surface area contributed by atoms with Crippen LogP contribution in [0.4, 0.5) is 4.79 Å². The van der Waals surface area contributed by atoms with Crippen LogP contribution in [0.1, 0.15) is 6.92 Å². The standard InChI is InChI=1S/C11H21N3O5/c1-8(16)9(10(17)18)12-11(19)14-4-2-13(3-5-14)6-7-15/h8-9,15-16H,2-7H2,1H3,(H,12,19)(H,17,18). The maximum atomic E-state index is 11.9. The van der Waals surface area contributed by atoms with E-state index < -0.39 is 24.1 Å². The van der Waals surface area contributed by atoms with E-state index in [1.165, 1.54) is 11.8 Å². The largest absolute Gasteiger partial charge is 0.480 e. The summed E-state index contributed by atoms with van der Waals surface area (Å²) in [6, 6.07) is -1.79. The molecule has 0 aromatic rings. The lowest BCUT2D eigenvalue weighted by Gasteiger charge is -2.35. The third kappa shape index (κ3) is 4.66. The molecular formula is C11H21N3O5. The zero-order valence-electron chi connectivity index (χ0n) is 10.9. The smallest absolute Gasteiger partial charge is 0.328 e. The van der Waals surface area contributed by atoms with Gasteiger partial charge in [-0.2, -0.15) is 0 Å². The second-order valence-corrected chi connectivity index (χ2v) is 4.56. The molecule has 2 amide bonds. The number of hydrogen-bond donors (Lipinski definition) is 4. The van der Waals surface area contributed by atoms with Crippen LogP contribution in [0.25, 0.3) is 0 Å². The molecule has 1 fully saturated rings. The van der Waals surface area contributed by atoms with Crippen molar-refractivity contribution < 1.29 is 24.9 Å². The SMILES string of the molecule is CC(O)C(NC(=O)N1CCN(CCO)CC1)C(=O)O. The van der Waals surface area contributed by atoms with Crippen molar-refractivity contribution in [3.05, 3.63) is 0 Å². The van der Waals surface area contributed by atoms with Gasteiger partial charge in [0.25, 0.3) is 0 Å². The number of urea groups is 1. The van der Waals surface area contributed by atoms with Gasteiger partial charge in [-0.15, -0.1) is 0 Å². The molecule has 0 spiro atoms. The van der Waals surface area contributed by atoms with Crippen LogP contribution in [-0.2, 0) is 4.79 Å². The Balaban J connectivity index is 2.44. The number of carbonyl (C=O) groups is 2. The number of aliphatic carboxylic acids is 1. The minimum Gasteiger partial charge on any atom is -0.480 e. The number of β-amino-alcohol motifs (C(OH)–C–C–N with tert-alkyl or cyclic N) is 1. The number of aliphatic hydroxyl groups is 2. The van der Waals surface area contributed by atoms with Crippen molar-refractivity contribution in [3.8, 4) is 0 Å². The highest BCUT2D eigenvalue weighted by Crippen LogP contribution is 2.03. The molecule has 19 heavy (non-hydrogen) atoms.